The number of carbonyl (C=O) groups excluding carboxylic acids is 2. The summed E-state index contributed by atoms with van der Waals surface area (Å²) in [6.45, 7) is 3.83. The van der Waals surface area contributed by atoms with E-state index in [1.54, 1.807) is 4.90 Å². The number of nitrogens with zero attached hydrogens (tertiary/aromatic N) is 3. The number of benzene rings is 2. The zero-order valence-electron chi connectivity index (χ0n) is 15.6. The zero-order valence-corrected chi connectivity index (χ0v) is 16.4. The van der Waals surface area contributed by atoms with Gasteiger partial charge in [0, 0.05) is 11.6 Å². The van der Waals surface area contributed by atoms with Crippen molar-refractivity contribution in [1.29, 1.82) is 0 Å². The fraction of sp³-hybridized carbons (Fsp3) is 0.238. The molecule has 0 aromatic heterocycles. The lowest BCUT2D eigenvalue weighted by atomic mass is 10.1. The van der Waals surface area contributed by atoms with Crippen LogP contribution in [-0.4, -0.2) is 39.5 Å². The molecular formula is C21H20N4O2S. The number of amides is 2. The topological polar surface area (TPSA) is 74.1 Å². The van der Waals surface area contributed by atoms with Gasteiger partial charge in [0.15, 0.2) is 11.2 Å². The minimum atomic E-state index is -0.599. The van der Waals surface area contributed by atoms with Crippen LogP contribution in [0, 0.1) is 0 Å². The van der Waals surface area contributed by atoms with Crippen molar-refractivity contribution in [2.45, 2.75) is 25.9 Å². The average Bonchev–Trinajstić information content (AvgIpc) is 3.04. The number of nitrogens with one attached hydrogen (secondary N) is 1. The van der Waals surface area contributed by atoms with Crippen molar-refractivity contribution in [2.24, 2.45) is 9.98 Å². The monoisotopic (exact) mass is 392 g/mol. The van der Waals surface area contributed by atoms with E-state index in [0.717, 1.165) is 16.8 Å². The van der Waals surface area contributed by atoms with E-state index in [0.29, 0.717) is 11.0 Å². The largest absolute Gasteiger partial charge is 0.353 e. The summed E-state index contributed by atoms with van der Waals surface area (Å²) in [7, 11) is 0. The quantitative estimate of drug-likeness (QED) is 0.868. The Labute approximate surface area is 167 Å². The SMILES string of the molecule is CC(C)NC(=O)CSC1=Nc2ccccc2C2=N[C@H](c3ccccc3)C(=O)N12. The Morgan fingerprint density at radius 2 is 1.86 bits per heavy atom. The molecule has 0 unspecified atom stereocenters. The van der Waals surface area contributed by atoms with Crippen molar-refractivity contribution in [1.82, 2.24) is 10.2 Å². The van der Waals surface area contributed by atoms with Gasteiger partial charge >= 0.3 is 0 Å². The highest BCUT2D eigenvalue weighted by molar-refractivity contribution is 8.14. The first-order valence-electron chi connectivity index (χ1n) is 9.11. The lowest BCUT2D eigenvalue weighted by molar-refractivity contribution is -0.124. The van der Waals surface area contributed by atoms with Crippen LogP contribution >= 0.6 is 11.8 Å². The van der Waals surface area contributed by atoms with Crippen LogP contribution in [0.1, 0.15) is 31.0 Å². The minimum absolute atomic E-state index is 0.0649. The molecule has 6 nitrogen and oxygen atoms in total. The van der Waals surface area contributed by atoms with Crippen molar-refractivity contribution >= 4 is 40.3 Å². The van der Waals surface area contributed by atoms with Gasteiger partial charge in [-0.05, 0) is 31.5 Å². The van der Waals surface area contributed by atoms with Crippen LogP contribution in [0.2, 0.25) is 0 Å². The first-order chi connectivity index (χ1) is 13.5. The molecule has 2 heterocycles. The third-order valence-corrected chi connectivity index (χ3v) is 5.31. The second-order valence-corrected chi connectivity index (χ2v) is 7.80. The summed E-state index contributed by atoms with van der Waals surface area (Å²) in [4.78, 5) is 36.2. The Hall–Kier alpha value is -2.93. The van der Waals surface area contributed by atoms with Crippen LogP contribution in [0.15, 0.2) is 64.6 Å². The molecule has 1 N–H and O–H groups in total. The van der Waals surface area contributed by atoms with Crippen LogP contribution in [0.25, 0.3) is 0 Å². The second kappa shape index (κ2) is 7.59. The molecule has 142 valence electrons. The van der Waals surface area contributed by atoms with Crippen molar-refractivity contribution < 1.29 is 9.59 Å². The summed E-state index contributed by atoms with van der Waals surface area (Å²) < 4.78 is 0. The molecule has 2 aliphatic heterocycles. The summed E-state index contributed by atoms with van der Waals surface area (Å²) in [6.07, 6.45) is 0. The molecule has 0 saturated heterocycles. The molecule has 7 heteroatoms. The van der Waals surface area contributed by atoms with E-state index in [-0.39, 0.29) is 23.6 Å². The fourth-order valence-electron chi connectivity index (χ4n) is 3.19. The molecule has 0 radical (unpaired) electrons. The Morgan fingerprint density at radius 3 is 2.61 bits per heavy atom. The summed E-state index contributed by atoms with van der Waals surface area (Å²) in [6, 6.07) is 16.6. The number of amidine groups is 2. The Bertz CT molecular complexity index is 985. The van der Waals surface area contributed by atoms with E-state index in [1.807, 2.05) is 68.4 Å². The molecule has 0 aliphatic carbocycles. The van der Waals surface area contributed by atoms with Crippen LogP contribution in [0.4, 0.5) is 5.69 Å². The molecule has 0 bridgehead atoms. The fourth-order valence-corrected chi connectivity index (χ4v) is 4.00. The highest BCUT2D eigenvalue weighted by Crippen LogP contribution is 2.37. The third-order valence-electron chi connectivity index (χ3n) is 4.37. The maximum Gasteiger partial charge on any atom is 0.263 e. The molecule has 28 heavy (non-hydrogen) atoms. The first kappa shape index (κ1) is 18.4. The molecule has 2 aliphatic rings. The van der Waals surface area contributed by atoms with Crippen molar-refractivity contribution in [3.05, 3.63) is 65.7 Å². The number of thioether (sulfide) groups is 1. The average molecular weight is 392 g/mol. The lowest BCUT2D eigenvalue weighted by Gasteiger charge is -2.25. The summed E-state index contributed by atoms with van der Waals surface area (Å²) in [5.74, 6) is 0.542. The molecule has 2 amide bonds. The van der Waals surface area contributed by atoms with Crippen LogP contribution < -0.4 is 5.32 Å². The predicted octanol–water partition coefficient (Wildman–Crippen LogP) is 3.28. The first-order valence-corrected chi connectivity index (χ1v) is 10.1. The number of hydrogen-bond donors (Lipinski definition) is 1. The van der Waals surface area contributed by atoms with E-state index < -0.39 is 6.04 Å². The summed E-state index contributed by atoms with van der Waals surface area (Å²) in [5.41, 5.74) is 2.42. The molecule has 0 fully saturated rings. The van der Waals surface area contributed by atoms with Gasteiger partial charge in [-0.3, -0.25) is 9.59 Å². The van der Waals surface area contributed by atoms with E-state index in [1.165, 1.54) is 11.8 Å². The number of aliphatic imine (C=N–C) groups is 2. The van der Waals surface area contributed by atoms with Gasteiger partial charge < -0.3 is 5.32 Å². The number of fused-ring (bicyclic) bond motifs is 3. The van der Waals surface area contributed by atoms with Crippen LogP contribution in [0.3, 0.4) is 0 Å². The molecule has 2 aromatic rings. The van der Waals surface area contributed by atoms with Crippen molar-refractivity contribution in [3.8, 4) is 0 Å². The van der Waals surface area contributed by atoms with Gasteiger partial charge in [0.1, 0.15) is 5.84 Å². The van der Waals surface area contributed by atoms with E-state index in [4.69, 9.17) is 4.99 Å². The second-order valence-electron chi connectivity index (χ2n) is 6.86. The predicted molar refractivity (Wildman–Crippen MR) is 112 cm³/mol. The van der Waals surface area contributed by atoms with Gasteiger partial charge in [-0.25, -0.2) is 14.9 Å². The highest BCUT2D eigenvalue weighted by Gasteiger charge is 2.42. The van der Waals surface area contributed by atoms with E-state index in [9.17, 15) is 9.59 Å². The van der Waals surface area contributed by atoms with Gasteiger partial charge in [-0.1, -0.05) is 54.2 Å². The lowest BCUT2D eigenvalue weighted by Crippen LogP contribution is -2.40. The summed E-state index contributed by atoms with van der Waals surface area (Å²) in [5, 5.41) is 3.34. The minimum Gasteiger partial charge on any atom is -0.353 e. The number of rotatable bonds is 4. The molecule has 0 saturated carbocycles. The third kappa shape index (κ3) is 3.45. The Balaban J connectivity index is 1.68. The summed E-state index contributed by atoms with van der Waals surface area (Å²) >= 11 is 1.25. The number of carbonyl (C=O) groups is 2. The highest BCUT2D eigenvalue weighted by atomic mass is 32.2. The van der Waals surface area contributed by atoms with E-state index >= 15 is 0 Å². The maximum atomic E-state index is 13.2. The molecule has 2 aromatic carbocycles. The number of hydrogen-bond acceptors (Lipinski definition) is 5. The van der Waals surface area contributed by atoms with Gasteiger partial charge in [0.25, 0.3) is 5.91 Å². The smallest absolute Gasteiger partial charge is 0.263 e. The Morgan fingerprint density at radius 1 is 1.14 bits per heavy atom. The van der Waals surface area contributed by atoms with Crippen LogP contribution in [-0.2, 0) is 9.59 Å². The molecule has 1 atom stereocenters. The normalized spacial score (nSPS) is 17.8. The molecule has 4 rings (SSSR count). The molecular weight excluding hydrogens is 372 g/mol. The molecule has 0 spiro atoms. The van der Waals surface area contributed by atoms with Gasteiger partial charge in [0.2, 0.25) is 5.91 Å². The zero-order chi connectivity index (χ0) is 19.7. The maximum absolute atomic E-state index is 13.2. The Kier molecular flexibility index (Phi) is 5.00. The van der Waals surface area contributed by atoms with Gasteiger partial charge in [-0.2, -0.15) is 0 Å². The van der Waals surface area contributed by atoms with Gasteiger partial charge in [0.05, 0.1) is 11.4 Å². The number of para-hydroxylation sites is 1. The van der Waals surface area contributed by atoms with Crippen molar-refractivity contribution in [2.75, 3.05) is 5.75 Å². The van der Waals surface area contributed by atoms with Crippen LogP contribution in [0.5, 0.6) is 0 Å². The standard InChI is InChI=1S/C21H20N4O2S/c1-13(2)22-17(26)12-28-21-23-16-11-7-6-10-15(16)19-24-18(20(27)25(19)21)14-8-4-3-5-9-14/h3-11,13,18H,12H2,1-2H3,(H,22,26)/t18-/m1/s1. The van der Waals surface area contributed by atoms with Gasteiger partial charge in [-0.15, -0.1) is 0 Å². The van der Waals surface area contributed by atoms with E-state index in [2.05, 4.69) is 10.3 Å². The van der Waals surface area contributed by atoms with Crippen molar-refractivity contribution in [3.63, 3.8) is 0 Å².